The molecule has 1 saturated heterocycles. The van der Waals surface area contributed by atoms with Crippen LogP contribution in [0.25, 0.3) is 0 Å². The van der Waals surface area contributed by atoms with Crippen LogP contribution in [0.15, 0.2) is 53.4 Å². The van der Waals surface area contributed by atoms with Gasteiger partial charge in [-0.1, -0.05) is 36.2 Å². The number of carbonyl (C=O) groups is 3. The van der Waals surface area contributed by atoms with Crippen LogP contribution in [0, 0.1) is 6.92 Å². The van der Waals surface area contributed by atoms with Crippen LogP contribution in [0.3, 0.4) is 0 Å². The van der Waals surface area contributed by atoms with E-state index in [1.165, 1.54) is 4.31 Å². The number of hydrogen-bond donors (Lipinski definition) is 2. The maximum atomic E-state index is 12.7. The summed E-state index contributed by atoms with van der Waals surface area (Å²) in [7, 11) is -3.49. The zero-order valence-electron chi connectivity index (χ0n) is 19.1. The smallest absolute Gasteiger partial charge is 0.306 e. The number of esters is 1. The van der Waals surface area contributed by atoms with Crippen molar-refractivity contribution in [1.82, 2.24) is 15.2 Å². The van der Waals surface area contributed by atoms with Crippen LogP contribution in [-0.2, 0) is 30.8 Å². The van der Waals surface area contributed by atoms with Crippen LogP contribution >= 0.6 is 0 Å². The number of hydrazine groups is 1. The van der Waals surface area contributed by atoms with E-state index in [2.05, 4.69) is 10.9 Å². The van der Waals surface area contributed by atoms with E-state index >= 15 is 0 Å². The summed E-state index contributed by atoms with van der Waals surface area (Å²) in [6, 6.07) is 13.3. The highest BCUT2D eigenvalue weighted by molar-refractivity contribution is 7.89. The standard InChI is InChI=1S/C24H29N3O6S/c1-18-5-10-20(11-6-18)24(30)26-25-22(28)17-33-23(29)14-9-19-7-12-21(13-8-19)34(31,32)27-15-3-2-4-16-27/h5-8,10-13H,2-4,9,14-17H2,1H3,(H,25,28)(H,26,30). The van der Waals surface area contributed by atoms with E-state index < -0.39 is 34.4 Å². The van der Waals surface area contributed by atoms with Gasteiger partial charge in [-0.05, 0) is 56.0 Å². The third-order valence-corrected chi connectivity index (χ3v) is 7.40. The third kappa shape index (κ3) is 7.13. The Morgan fingerprint density at radius 1 is 0.912 bits per heavy atom. The maximum Gasteiger partial charge on any atom is 0.306 e. The first kappa shape index (κ1) is 25.4. The molecule has 34 heavy (non-hydrogen) atoms. The topological polar surface area (TPSA) is 122 Å². The Labute approximate surface area is 199 Å². The minimum atomic E-state index is -3.49. The summed E-state index contributed by atoms with van der Waals surface area (Å²) < 4.78 is 31.8. The molecule has 0 spiro atoms. The molecule has 9 nitrogen and oxygen atoms in total. The molecule has 0 unspecified atom stereocenters. The van der Waals surface area contributed by atoms with E-state index in [0.717, 1.165) is 30.4 Å². The first-order valence-electron chi connectivity index (χ1n) is 11.2. The lowest BCUT2D eigenvalue weighted by Crippen LogP contribution is -2.43. The molecule has 0 aliphatic carbocycles. The molecular weight excluding hydrogens is 458 g/mol. The summed E-state index contributed by atoms with van der Waals surface area (Å²) in [4.78, 5) is 36.0. The SMILES string of the molecule is Cc1ccc(C(=O)NNC(=O)COC(=O)CCc2ccc(S(=O)(=O)N3CCCCC3)cc2)cc1. The number of hydrogen-bond acceptors (Lipinski definition) is 6. The zero-order valence-corrected chi connectivity index (χ0v) is 19.9. The van der Waals surface area contributed by atoms with E-state index in [1.807, 2.05) is 6.92 Å². The first-order chi connectivity index (χ1) is 16.3. The van der Waals surface area contributed by atoms with Crippen molar-refractivity contribution in [2.75, 3.05) is 19.7 Å². The molecule has 3 rings (SSSR count). The fraction of sp³-hybridized carbons (Fsp3) is 0.375. The predicted molar refractivity (Wildman–Crippen MR) is 125 cm³/mol. The Kier molecular flexibility index (Phi) is 8.78. The molecule has 0 atom stereocenters. The van der Waals surface area contributed by atoms with Gasteiger partial charge in [0, 0.05) is 25.1 Å². The van der Waals surface area contributed by atoms with Crippen molar-refractivity contribution in [1.29, 1.82) is 0 Å². The van der Waals surface area contributed by atoms with Crippen molar-refractivity contribution in [2.24, 2.45) is 0 Å². The van der Waals surface area contributed by atoms with Gasteiger partial charge in [0.2, 0.25) is 10.0 Å². The molecule has 1 aliphatic rings. The molecule has 0 bridgehead atoms. The van der Waals surface area contributed by atoms with Gasteiger partial charge >= 0.3 is 5.97 Å². The number of nitrogens with one attached hydrogen (secondary N) is 2. The van der Waals surface area contributed by atoms with Crippen molar-refractivity contribution in [3.8, 4) is 0 Å². The molecule has 1 heterocycles. The minimum absolute atomic E-state index is 0.0290. The van der Waals surface area contributed by atoms with Crippen LogP contribution < -0.4 is 10.9 Å². The summed E-state index contributed by atoms with van der Waals surface area (Å²) in [5.41, 5.74) is 6.63. The van der Waals surface area contributed by atoms with E-state index in [1.54, 1.807) is 48.5 Å². The predicted octanol–water partition coefficient (Wildman–Crippen LogP) is 2.11. The largest absolute Gasteiger partial charge is 0.455 e. The molecular formula is C24H29N3O6S. The zero-order chi connectivity index (χ0) is 24.6. The molecule has 1 aliphatic heterocycles. The van der Waals surface area contributed by atoms with Crippen LogP contribution in [0.1, 0.15) is 47.2 Å². The van der Waals surface area contributed by atoms with E-state index in [9.17, 15) is 22.8 Å². The summed E-state index contributed by atoms with van der Waals surface area (Å²) in [5.74, 6) is -1.73. The number of carbonyl (C=O) groups excluding carboxylic acids is 3. The first-order valence-corrected chi connectivity index (χ1v) is 12.6. The molecule has 2 amide bonds. The molecule has 0 radical (unpaired) electrons. The van der Waals surface area contributed by atoms with Gasteiger partial charge in [-0.25, -0.2) is 8.42 Å². The van der Waals surface area contributed by atoms with Gasteiger partial charge in [0.05, 0.1) is 4.90 Å². The van der Waals surface area contributed by atoms with Gasteiger partial charge in [-0.15, -0.1) is 0 Å². The van der Waals surface area contributed by atoms with E-state index in [4.69, 9.17) is 4.74 Å². The minimum Gasteiger partial charge on any atom is -0.455 e. The fourth-order valence-corrected chi connectivity index (χ4v) is 5.00. The van der Waals surface area contributed by atoms with Crippen LogP contribution in [0.2, 0.25) is 0 Å². The van der Waals surface area contributed by atoms with E-state index in [0.29, 0.717) is 25.1 Å². The fourth-order valence-electron chi connectivity index (χ4n) is 3.49. The molecule has 10 heteroatoms. The molecule has 0 aromatic heterocycles. The van der Waals surface area contributed by atoms with Gasteiger partial charge in [0.25, 0.3) is 11.8 Å². The number of nitrogens with zero attached hydrogens (tertiary/aromatic N) is 1. The summed E-state index contributed by atoms with van der Waals surface area (Å²) in [6.45, 7) is 2.45. The van der Waals surface area contributed by atoms with Crippen LogP contribution in [0.4, 0.5) is 0 Å². The van der Waals surface area contributed by atoms with Gasteiger partial charge in [-0.3, -0.25) is 25.2 Å². The average molecular weight is 488 g/mol. The van der Waals surface area contributed by atoms with Crippen LogP contribution in [0.5, 0.6) is 0 Å². The number of piperidine rings is 1. The average Bonchev–Trinajstić information content (AvgIpc) is 2.86. The lowest BCUT2D eigenvalue weighted by molar-refractivity contribution is -0.148. The van der Waals surface area contributed by atoms with Gasteiger partial charge in [0.15, 0.2) is 6.61 Å². The van der Waals surface area contributed by atoms with Crippen molar-refractivity contribution in [2.45, 2.75) is 43.9 Å². The summed E-state index contributed by atoms with van der Waals surface area (Å²) >= 11 is 0. The number of ether oxygens (including phenoxy) is 1. The quantitative estimate of drug-likeness (QED) is 0.434. The van der Waals surface area contributed by atoms with Crippen molar-refractivity contribution in [3.05, 3.63) is 65.2 Å². The Morgan fingerprint density at radius 2 is 1.56 bits per heavy atom. The van der Waals surface area contributed by atoms with Gasteiger partial charge < -0.3 is 4.74 Å². The Bertz CT molecular complexity index is 1110. The van der Waals surface area contributed by atoms with Gasteiger partial charge in [-0.2, -0.15) is 4.31 Å². The number of rotatable bonds is 8. The lowest BCUT2D eigenvalue weighted by Gasteiger charge is -2.25. The molecule has 2 aromatic carbocycles. The van der Waals surface area contributed by atoms with Gasteiger partial charge in [0.1, 0.15) is 0 Å². The van der Waals surface area contributed by atoms with E-state index in [-0.39, 0.29) is 11.3 Å². The Morgan fingerprint density at radius 3 is 2.21 bits per heavy atom. The second kappa shape index (κ2) is 11.8. The Balaban J connectivity index is 1.38. The molecule has 1 fully saturated rings. The number of sulfonamides is 1. The summed E-state index contributed by atoms with van der Waals surface area (Å²) in [5, 5.41) is 0. The lowest BCUT2D eigenvalue weighted by atomic mass is 10.1. The second-order valence-corrected chi connectivity index (χ2v) is 10.1. The monoisotopic (exact) mass is 487 g/mol. The van der Waals surface area contributed by atoms with Crippen molar-refractivity contribution < 1.29 is 27.5 Å². The highest BCUT2D eigenvalue weighted by atomic mass is 32.2. The molecule has 0 saturated carbocycles. The molecule has 2 aromatic rings. The van der Waals surface area contributed by atoms with Crippen molar-refractivity contribution in [3.63, 3.8) is 0 Å². The second-order valence-electron chi connectivity index (χ2n) is 8.14. The summed E-state index contributed by atoms with van der Waals surface area (Å²) in [6.07, 6.45) is 3.16. The number of benzene rings is 2. The Hall–Kier alpha value is -3.24. The highest BCUT2D eigenvalue weighted by Gasteiger charge is 2.25. The molecule has 2 N–H and O–H groups in total. The highest BCUT2D eigenvalue weighted by Crippen LogP contribution is 2.21. The molecule has 182 valence electrons. The van der Waals surface area contributed by atoms with Crippen molar-refractivity contribution >= 4 is 27.8 Å². The normalized spacial score (nSPS) is 14.3. The maximum absolute atomic E-state index is 12.7. The third-order valence-electron chi connectivity index (χ3n) is 5.49. The number of aryl methyl sites for hydroxylation is 2. The number of amides is 2. The van der Waals surface area contributed by atoms with Crippen LogP contribution in [-0.4, -0.2) is 50.2 Å².